The average Bonchev–Trinajstić information content (AvgIpc) is 2.35. The van der Waals surface area contributed by atoms with Crippen molar-refractivity contribution >= 4 is 0 Å². The topological polar surface area (TPSA) is 41.5 Å². The zero-order chi connectivity index (χ0) is 15.9. The minimum Gasteiger partial charge on any atom is -0.389 e. The highest BCUT2D eigenvalue weighted by Crippen LogP contribution is 2.26. The molecule has 0 spiro atoms. The molecule has 0 aliphatic heterocycles. The van der Waals surface area contributed by atoms with Gasteiger partial charge in [0.05, 0.1) is 19.3 Å². The Bertz CT molecular complexity index is 395. The quantitative estimate of drug-likeness (QED) is 0.772. The van der Waals surface area contributed by atoms with Gasteiger partial charge >= 0.3 is 0 Å². The summed E-state index contributed by atoms with van der Waals surface area (Å²) in [5.41, 5.74) is 1.41. The van der Waals surface area contributed by atoms with Crippen LogP contribution in [0.25, 0.3) is 0 Å². The Morgan fingerprint density at radius 3 is 2.29 bits per heavy atom. The minimum absolute atomic E-state index is 0.0126. The van der Waals surface area contributed by atoms with Gasteiger partial charge in [0, 0.05) is 12.1 Å². The maximum Gasteiger partial charge on any atom is 0.0898 e. The molecular formula is C18H31NO2. The molecule has 1 atom stereocenters. The Balaban J connectivity index is 2.23. The monoisotopic (exact) mass is 293 g/mol. The van der Waals surface area contributed by atoms with Crippen LogP contribution in [0.5, 0.6) is 0 Å². The number of hydrogen-bond donors (Lipinski definition) is 2. The van der Waals surface area contributed by atoms with Crippen molar-refractivity contribution in [2.24, 2.45) is 5.41 Å². The maximum atomic E-state index is 10.0. The first-order chi connectivity index (χ1) is 9.68. The van der Waals surface area contributed by atoms with Gasteiger partial charge in [0.25, 0.3) is 0 Å². The van der Waals surface area contributed by atoms with E-state index in [9.17, 15) is 5.11 Å². The molecular weight excluding hydrogens is 262 g/mol. The fourth-order valence-electron chi connectivity index (χ4n) is 2.73. The van der Waals surface area contributed by atoms with Gasteiger partial charge in [-0.25, -0.2) is 0 Å². The predicted octanol–water partition coefficient (Wildman–Crippen LogP) is 3.37. The van der Waals surface area contributed by atoms with Crippen molar-refractivity contribution in [2.75, 3.05) is 13.2 Å². The number of rotatable bonds is 8. The molecule has 2 N–H and O–H groups in total. The van der Waals surface area contributed by atoms with E-state index in [2.05, 4.69) is 39.9 Å². The normalized spacial score (nSPS) is 14.2. The summed E-state index contributed by atoms with van der Waals surface area (Å²) in [6.07, 6.45) is 0.574. The first-order valence-electron chi connectivity index (χ1n) is 7.73. The van der Waals surface area contributed by atoms with E-state index >= 15 is 0 Å². The predicted molar refractivity (Wildman–Crippen MR) is 88.3 cm³/mol. The number of hydrogen-bond acceptors (Lipinski definition) is 3. The van der Waals surface area contributed by atoms with Crippen LogP contribution in [-0.2, 0) is 11.3 Å². The van der Waals surface area contributed by atoms with Gasteiger partial charge in [-0.3, -0.25) is 0 Å². The van der Waals surface area contributed by atoms with Crippen LogP contribution in [0.4, 0.5) is 0 Å². The molecule has 3 nitrogen and oxygen atoms in total. The van der Waals surface area contributed by atoms with Gasteiger partial charge in [-0.15, -0.1) is 0 Å². The second-order valence-electron chi connectivity index (χ2n) is 7.66. The van der Waals surface area contributed by atoms with E-state index in [1.54, 1.807) is 0 Å². The lowest BCUT2D eigenvalue weighted by Crippen LogP contribution is -2.46. The summed E-state index contributed by atoms with van der Waals surface area (Å²) in [6, 6.07) is 10.0. The van der Waals surface area contributed by atoms with E-state index in [0.29, 0.717) is 19.8 Å². The Morgan fingerprint density at radius 1 is 1.10 bits per heavy atom. The SMILES string of the molecule is CC(C)(C)CC(C)(C)NC[C@H](O)COCc1ccccc1. The number of aliphatic hydroxyl groups excluding tert-OH is 1. The molecule has 0 aliphatic rings. The number of β-amino-alcohol motifs (C(OH)–C–C–N with tert-alkyl or cyclic N) is 1. The third-order valence-electron chi connectivity index (χ3n) is 3.21. The summed E-state index contributed by atoms with van der Waals surface area (Å²) in [7, 11) is 0. The Kier molecular flexibility index (Phi) is 6.85. The molecule has 0 saturated carbocycles. The van der Waals surface area contributed by atoms with Crippen LogP contribution in [0, 0.1) is 5.41 Å². The highest BCUT2D eigenvalue weighted by atomic mass is 16.5. The first kappa shape index (κ1) is 18.1. The van der Waals surface area contributed by atoms with Crippen molar-refractivity contribution in [3.05, 3.63) is 35.9 Å². The Morgan fingerprint density at radius 2 is 1.71 bits per heavy atom. The maximum absolute atomic E-state index is 10.0. The summed E-state index contributed by atoms with van der Waals surface area (Å²) in [5.74, 6) is 0. The highest BCUT2D eigenvalue weighted by molar-refractivity contribution is 5.13. The van der Waals surface area contributed by atoms with Crippen LogP contribution in [0.2, 0.25) is 0 Å². The minimum atomic E-state index is -0.479. The fraction of sp³-hybridized carbons (Fsp3) is 0.667. The molecule has 3 heteroatoms. The van der Waals surface area contributed by atoms with Gasteiger partial charge in [-0.2, -0.15) is 0 Å². The van der Waals surface area contributed by atoms with Crippen molar-refractivity contribution < 1.29 is 9.84 Å². The van der Waals surface area contributed by atoms with E-state index in [0.717, 1.165) is 12.0 Å². The van der Waals surface area contributed by atoms with Crippen molar-refractivity contribution in [3.63, 3.8) is 0 Å². The third kappa shape index (κ3) is 8.86. The highest BCUT2D eigenvalue weighted by Gasteiger charge is 2.25. The van der Waals surface area contributed by atoms with E-state index < -0.39 is 6.10 Å². The number of benzene rings is 1. The van der Waals surface area contributed by atoms with Gasteiger partial charge < -0.3 is 15.2 Å². The van der Waals surface area contributed by atoms with Crippen molar-refractivity contribution in [1.29, 1.82) is 0 Å². The van der Waals surface area contributed by atoms with Gasteiger partial charge in [-0.1, -0.05) is 51.1 Å². The number of ether oxygens (including phenoxy) is 1. The average molecular weight is 293 g/mol. The molecule has 21 heavy (non-hydrogen) atoms. The second kappa shape index (κ2) is 7.92. The third-order valence-corrected chi connectivity index (χ3v) is 3.21. The van der Waals surface area contributed by atoms with Gasteiger partial charge in [0.15, 0.2) is 0 Å². The molecule has 0 unspecified atom stereocenters. The van der Waals surface area contributed by atoms with Crippen LogP contribution in [0.3, 0.4) is 0 Å². The van der Waals surface area contributed by atoms with Crippen LogP contribution >= 0.6 is 0 Å². The lowest BCUT2D eigenvalue weighted by molar-refractivity contribution is 0.0244. The summed E-state index contributed by atoms with van der Waals surface area (Å²) in [6.45, 7) is 12.5. The van der Waals surface area contributed by atoms with Crippen LogP contribution in [0.15, 0.2) is 30.3 Å². The molecule has 0 saturated heterocycles. The zero-order valence-corrected chi connectivity index (χ0v) is 14.1. The molecule has 0 fully saturated rings. The molecule has 1 aromatic rings. The number of nitrogens with one attached hydrogen (secondary N) is 1. The van der Waals surface area contributed by atoms with Crippen molar-refractivity contribution in [1.82, 2.24) is 5.32 Å². The second-order valence-corrected chi connectivity index (χ2v) is 7.66. The zero-order valence-electron chi connectivity index (χ0n) is 14.1. The van der Waals surface area contributed by atoms with E-state index in [4.69, 9.17) is 4.74 Å². The molecule has 0 aliphatic carbocycles. The lowest BCUT2D eigenvalue weighted by atomic mass is 9.82. The van der Waals surface area contributed by atoms with Crippen molar-refractivity contribution in [2.45, 2.75) is 59.3 Å². The molecule has 120 valence electrons. The summed E-state index contributed by atoms with van der Waals surface area (Å²) >= 11 is 0. The summed E-state index contributed by atoms with van der Waals surface area (Å²) < 4.78 is 5.56. The standard InChI is InChI=1S/C18H31NO2/c1-17(2,3)14-18(4,5)19-11-16(20)13-21-12-15-9-7-6-8-10-15/h6-10,16,19-20H,11-14H2,1-5H3/t16-/m0/s1. The number of aliphatic hydroxyl groups is 1. The Hall–Kier alpha value is -0.900. The van der Waals surface area contributed by atoms with E-state index in [1.165, 1.54) is 0 Å². The Labute approximate surface area is 129 Å². The molecule has 1 rings (SSSR count). The van der Waals surface area contributed by atoms with Crippen molar-refractivity contribution in [3.8, 4) is 0 Å². The summed E-state index contributed by atoms with van der Waals surface area (Å²) in [5, 5.41) is 13.4. The molecule has 0 heterocycles. The van der Waals surface area contributed by atoms with Gasteiger partial charge in [0.1, 0.15) is 0 Å². The lowest BCUT2D eigenvalue weighted by Gasteiger charge is -2.34. The fourth-order valence-corrected chi connectivity index (χ4v) is 2.73. The van der Waals surface area contributed by atoms with Crippen LogP contribution < -0.4 is 5.32 Å². The molecule has 0 amide bonds. The van der Waals surface area contributed by atoms with E-state index in [-0.39, 0.29) is 11.0 Å². The molecule has 0 aromatic heterocycles. The molecule has 0 radical (unpaired) electrons. The van der Waals surface area contributed by atoms with Crippen LogP contribution in [-0.4, -0.2) is 29.9 Å². The molecule has 1 aromatic carbocycles. The summed E-state index contributed by atoms with van der Waals surface area (Å²) in [4.78, 5) is 0. The smallest absolute Gasteiger partial charge is 0.0898 e. The van der Waals surface area contributed by atoms with E-state index in [1.807, 2.05) is 30.3 Å². The van der Waals surface area contributed by atoms with Gasteiger partial charge in [-0.05, 0) is 31.2 Å². The van der Waals surface area contributed by atoms with Gasteiger partial charge in [0.2, 0.25) is 0 Å². The molecule has 0 bridgehead atoms. The first-order valence-corrected chi connectivity index (χ1v) is 7.73. The van der Waals surface area contributed by atoms with Crippen LogP contribution in [0.1, 0.15) is 46.6 Å². The largest absolute Gasteiger partial charge is 0.389 e.